The van der Waals surface area contributed by atoms with Crippen molar-refractivity contribution in [1.29, 1.82) is 0 Å². The lowest BCUT2D eigenvalue weighted by atomic mass is 9.89. The summed E-state index contributed by atoms with van der Waals surface area (Å²) in [6, 6.07) is 0. The number of ether oxygens (including phenoxy) is 1. The topological polar surface area (TPSA) is 9.23 Å². The van der Waals surface area contributed by atoms with E-state index in [2.05, 4.69) is 11.7 Å². The summed E-state index contributed by atoms with van der Waals surface area (Å²) in [4.78, 5) is 0. The quantitative estimate of drug-likeness (QED) is 0.609. The van der Waals surface area contributed by atoms with E-state index in [-0.39, 0.29) is 6.10 Å². The summed E-state index contributed by atoms with van der Waals surface area (Å²) in [5.74, 6) is 0.688. The Labute approximate surface area is 65.7 Å². The maximum absolute atomic E-state index is 11.7. The first-order chi connectivity index (χ1) is 5.18. The molecule has 0 amide bonds. The van der Waals surface area contributed by atoms with Crippen LogP contribution >= 0.6 is 0 Å². The predicted octanol–water partition coefficient (Wildman–Crippen LogP) is 2.80. The van der Waals surface area contributed by atoms with Gasteiger partial charge in [-0.15, -0.1) is 0 Å². The van der Waals surface area contributed by atoms with Gasteiger partial charge in [0.1, 0.15) is 0 Å². The van der Waals surface area contributed by atoms with E-state index in [4.69, 9.17) is 0 Å². The first kappa shape index (κ1) is 8.91. The molecule has 11 heavy (non-hydrogen) atoms. The van der Waals surface area contributed by atoms with Crippen molar-refractivity contribution in [2.45, 2.75) is 45.3 Å². The minimum Gasteiger partial charge on any atom is -0.320 e. The fourth-order valence-corrected chi connectivity index (χ4v) is 1.51. The maximum atomic E-state index is 11.7. The fraction of sp³-hybridized carbons (Fsp3) is 1.00. The molecule has 3 heteroatoms. The highest BCUT2D eigenvalue weighted by Crippen LogP contribution is 2.26. The van der Waals surface area contributed by atoms with Crippen molar-refractivity contribution in [3.8, 4) is 0 Å². The van der Waals surface area contributed by atoms with Crippen LogP contribution < -0.4 is 0 Å². The van der Waals surface area contributed by atoms with E-state index < -0.39 is 6.61 Å². The molecule has 1 rings (SSSR count). The van der Waals surface area contributed by atoms with Crippen LogP contribution in [-0.4, -0.2) is 12.7 Å². The van der Waals surface area contributed by atoms with Crippen molar-refractivity contribution in [1.82, 2.24) is 0 Å². The molecule has 0 bridgehead atoms. The Balaban J connectivity index is 2.17. The van der Waals surface area contributed by atoms with Crippen molar-refractivity contribution in [3.63, 3.8) is 0 Å². The summed E-state index contributed by atoms with van der Waals surface area (Å²) in [6.07, 6.45) is 3.46. The molecule has 1 fully saturated rings. The molecule has 0 aromatic rings. The van der Waals surface area contributed by atoms with Gasteiger partial charge in [-0.1, -0.05) is 6.92 Å². The van der Waals surface area contributed by atoms with Crippen molar-refractivity contribution < 1.29 is 13.5 Å². The molecule has 0 aromatic heterocycles. The minimum atomic E-state index is -2.59. The fourth-order valence-electron chi connectivity index (χ4n) is 1.51. The largest absolute Gasteiger partial charge is 0.345 e. The second-order valence-electron chi connectivity index (χ2n) is 3.28. The Morgan fingerprint density at radius 3 is 2.18 bits per heavy atom. The summed E-state index contributed by atoms with van der Waals surface area (Å²) in [6.45, 7) is -0.438. The van der Waals surface area contributed by atoms with Gasteiger partial charge in [0.2, 0.25) is 0 Å². The van der Waals surface area contributed by atoms with Gasteiger partial charge in [-0.2, -0.15) is 8.78 Å². The van der Waals surface area contributed by atoms with Gasteiger partial charge >= 0.3 is 6.61 Å². The molecule has 0 spiro atoms. The molecule has 0 N–H and O–H groups in total. The average molecular weight is 164 g/mol. The second kappa shape index (κ2) is 4.00. The van der Waals surface area contributed by atoms with Crippen molar-refractivity contribution in [2.75, 3.05) is 0 Å². The van der Waals surface area contributed by atoms with Crippen molar-refractivity contribution in [3.05, 3.63) is 0 Å². The number of alkyl halides is 2. The van der Waals surface area contributed by atoms with Crippen LogP contribution in [0.5, 0.6) is 0 Å². The Morgan fingerprint density at radius 2 is 1.73 bits per heavy atom. The highest BCUT2D eigenvalue weighted by atomic mass is 19.3. The van der Waals surface area contributed by atoms with Crippen LogP contribution in [0.2, 0.25) is 0 Å². The van der Waals surface area contributed by atoms with Crippen LogP contribution in [0.1, 0.15) is 32.6 Å². The Hall–Kier alpha value is -0.180. The predicted molar refractivity (Wildman–Crippen MR) is 38.5 cm³/mol. The van der Waals surface area contributed by atoms with Gasteiger partial charge < -0.3 is 4.74 Å². The Bertz CT molecular complexity index is 109. The number of rotatable bonds is 2. The van der Waals surface area contributed by atoms with Crippen LogP contribution in [0.4, 0.5) is 8.78 Å². The SMILES string of the molecule is C[C@H]1CC[C@H](OC(F)F)CC1. The molecule has 0 atom stereocenters. The molecule has 66 valence electrons. The van der Waals surface area contributed by atoms with Gasteiger partial charge in [-0.25, -0.2) is 0 Å². The third-order valence-electron chi connectivity index (χ3n) is 2.26. The van der Waals surface area contributed by atoms with Crippen LogP contribution in [-0.2, 0) is 4.74 Å². The first-order valence-electron chi connectivity index (χ1n) is 4.12. The lowest BCUT2D eigenvalue weighted by molar-refractivity contribution is -0.171. The van der Waals surface area contributed by atoms with E-state index in [1.54, 1.807) is 0 Å². The van der Waals surface area contributed by atoms with Gasteiger partial charge in [0, 0.05) is 0 Å². The highest BCUT2D eigenvalue weighted by Gasteiger charge is 2.21. The lowest BCUT2D eigenvalue weighted by Gasteiger charge is -2.25. The number of halogens is 2. The molecular formula is C8H14F2O. The van der Waals surface area contributed by atoms with Crippen LogP contribution in [0.25, 0.3) is 0 Å². The maximum Gasteiger partial charge on any atom is 0.345 e. The summed E-state index contributed by atoms with van der Waals surface area (Å²) in [7, 11) is 0. The molecule has 1 saturated carbocycles. The number of hydrogen-bond acceptors (Lipinski definition) is 1. The summed E-state index contributed by atoms with van der Waals surface area (Å²) < 4.78 is 27.8. The molecule has 0 aromatic carbocycles. The van der Waals surface area contributed by atoms with Gasteiger partial charge in [0.05, 0.1) is 6.10 Å². The van der Waals surface area contributed by atoms with Crippen molar-refractivity contribution >= 4 is 0 Å². The first-order valence-corrected chi connectivity index (χ1v) is 4.12. The summed E-state index contributed by atoms with van der Waals surface area (Å²) in [5.41, 5.74) is 0. The molecule has 1 aliphatic rings. The van der Waals surface area contributed by atoms with E-state index >= 15 is 0 Å². The van der Waals surface area contributed by atoms with E-state index in [9.17, 15) is 8.78 Å². The Kier molecular flexibility index (Phi) is 3.24. The monoisotopic (exact) mass is 164 g/mol. The lowest BCUT2D eigenvalue weighted by Crippen LogP contribution is -2.22. The molecule has 0 radical (unpaired) electrons. The van der Waals surface area contributed by atoms with Gasteiger partial charge in [-0.05, 0) is 31.6 Å². The summed E-state index contributed by atoms with van der Waals surface area (Å²) >= 11 is 0. The zero-order valence-corrected chi connectivity index (χ0v) is 6.72. The zero-order valence-electron chi connectivity index (χ0n) is 6.72. The smallest absolute Gasteiger partial charge is 0.320 e. The average Bonchev–Trinajstić information content (AvgIpc) is 1.93. The third kappa shape index (κ3) is 3.14. The zero-order chi connectivity index (χ0) is 8.27. The van der Waals surface area contributed by atoms with Gasteiger partial charge in [0.15, 0.2) is 0 Å². The van der Waals surface area contributed by atoms with Crippen LogP contribution in [0.15, 0.2) is 0 Å². The van der Waals surface area contributed by atoms with Crippen molar-refractivity contribution in [2.24, 2.45) is 5.92 Å². The van der Waals surface area contributed by atoms with E-state index in [0.29, 0.717) is 5.92 Å². The van der Waals surface area contributed by atoms with Gasteiger partial charge in [0.25, 0.3) is 0 Å². The molecule has 0 heterocycles. The molecular weight excluding hydrogens is 150 g/mol. The standard InChI is InChI=1S/C8H14F2O/c1-6-2-4-7(5-3-6)11-8(9)10/h6-8H,2-5H2,1H3/t6-,7-. The van der Waals surface area contributed by atoms with E-state index in [1.165, 1.54) is 0 Å². The third-order valence-corrected chi connectivity index (χ3v) is 2.26. The molecule has 0 aliphatic heterocycles. The second-order valence-corrected chi connectivity index (χ2v) is 3.28. The molecule has 1 nitrogen and oxygen atoms in total. The van der Waals surface area contributed by atoms with E-state index in [0.717, 1.165) is 25.7 Å². The minimum absolute atomic E-state index is 0.189. The molecule has 0 saturated heterocycles. The van der Waals surface area contributed by atoms with Gasteiger partial charge in [-0.3, -0.25) is 0 Å². The normalized spacial score (nSPS) is 32.7. The van der Waals surface area contributed by atoms with Crippen LogP contribution in [0.3, 0.4) is 0 Å². The van der Waals surface area contributed by atoms with Crippen LogP contribution in [0, 0.1) is 5.92 Å². The summed E-state index contributed by atoms with van der Waals surface area (Å²) in [5, 5.41) is 0. The highest BCUT2D eigenvalue weighted by molar-refractivity contribution is 4.69. The Morgan fingerprint density at radius 1 is 1.18 bits per heavy atom. The van der Waals surface area contributed by atoms with E-state index in [1.807, 2.05) is 0 Å². The molecule has 1 aliphatic carbocycles. The molecule has 0 unspecified atom stereocenters. The number of hydrogen-bond donors (Lipinski definition) is 0.